The average Bonchev–Trinajstić information content (AvgIpc) is 3.12. The van der Waals surface area contributed by atoms with Crippen molar-refractivity contribution in [1.82, 2.24) is 5.32 Å². The van der Waals surface area contributed by atoms with Crippen molar-refractivity contribution in [2.75, 3.05) is 6.61 Å². The molecule has 2 aromatic rings. The Morgan fingerprint density at radius 3 is 2.09 bits per heavy atom. The zero-order valence-electron chi connectivity index (χ0n) is 33.1. The predicted molar refractivity (Wildman–Crippen MR) is 197 cm³/mol. The van der Waals surface area contributed by atoms with Crippen LogP contribution in [0.3, 0.4) is 0 Å². The Kier molecular flexibility index (Phi) is 12.5. The van der Waals surface area contributed by atoms with Crippen molar-refractivity contribution < 1.29 is 103 Å². The molecule has 1 aliphatic heterocycles. The van der Waals surface area contributed by atoms with E-state index >= 15 is 0 Å². The zero-order chi connectivity index (χ0) is 40.5. The van der Waals surface area contributed by atoms with Gasteiger partial charge in [-0.15, -0.1) is 0 Å². The molecular weight excluding hydrogens is 937 g/mol. The molecule has 0 spiro atoms. The summed E-state index contributed by atoms with van der Waals surface area (Å²) in [5.74, 6) is -4.99. The number of fused-ring (bicyclic) bond motifs is 5. The fourth-order valence-corrected chi connectivity index (χ4v) is 9.35. The van der Waals surface area contributed by atoms with Crippen LogP contribution in [0, 0.1) is 66.7 Å². The molecule has 2 bridgehead atoms. The molecule has 1 heterocycles. The first kappa shape index (κ1) is 44.4. The van der Waals surface area contributed by atoms with Gasteiger partial charge in [-0.3, -0.25) is 9.59 Å². The maximum absolute atomic E-state index is 14.7. The van der Waals surface area contributed by atoms with E-state index in [1.54, 1.807) is 97.0 Å². The minimum absolute atomic E-state index is 0. The molecular formula is C42H53AcNO12. The van der Waals surface area contributed by atoms with Gasteiger partial charge in [-0.2, -0.15) is 0 Å². The quantitative estimate of drug-likeness (QED) is 0.152. The number of benzene rings is 2. The molecule has 3 fully saturated rings. The number of aliphatic hydroxyl groups excluding tert-OH is 2. The van der Waals surface area contributed by atoms with Crippen LogP contribution in [0.25, 0.3) is 0 Å². The maximum atomic E-state index is 14.7. The predicted octanol–water partition coefficient (Wildman–Crippen LogP) is 3.96. The molecule has 3 aliphatic carbocycles. The van der Waals surface area contributed by atoms with Crippen LogP contribution < -0.4 is 5.32 Å². The van der Waals surface area contributed by atoms with Crippen LogP contribution in [0.5, 0.6) is 0 Å². The normalized spacial score (nSPS) is 34.4. The Hall–Kier alpha value is -2.70. The van der Waals surface area contributed by atoms with E-state index in [4.69, 9.17) is 18.9 Å². The van der Waals surface area contributed by atoms with E-state index in [-0.39, 0.29) is 80.2 Å². The Morgan fingerprint density at radius 2 is 1.54 bits per heavy atom. The summed E-state index contributed by atoms with van der Waals surface area (Å²) in [7, 11) is 0. The number of Topliss-reactive ketones (excluding diaryl/α,β-unsaturated/α-hetero) is 1. The van der Waals surface area contributed by atoms with Gasteiger partial charge in [-0.05, 0) is 70.4 Å². The third-order valence-electron chi connectivity index (χ3n) is 12.6. The molecule has 14 heteroatoms. The number of alkyl carbamates (subject to hydrolysis) is 1. The van der Waals surface area contributed by atoms with Gasteiger partial charge in [0.2, 0.25) is 0 Å². The van der Waals surface area contributed by atoms with Crippen molar-refractivity contribution in [2.24, 2.45) is 22.7 Å². The number of esters is 2. The fraction of sp³-hybridized carbons (Fsp3) is 0.571. The molecule has 1 amide bonds. The second kappa shape index (κ2) is 15.8. The van der Waals surface area contributed by atoms with Crippen molar-refractivity contribution in [1.29, 1.82) is 0 Å². The SMILES string of the molecule is CC1=C2C(O)C(=O)C3(C)C(O)CC4OCC4(O)C3C(OC(=O)c3ccccc3)C(O)(CC1OC(=O)C(C)C(NC(=O)OC(C)(C)C)c1ccccc1)C2(C)C.[Ac]. The molecule has 11 atom stereocenters. The number of hydrogen-bond donors (Lipinski definition) is 5. The number of carbonyl (C=O) groups excluding carboxylic acids is 4. The first-order valence-corrected chi connectivity index (χ1v) is 18.8. The van der Waals surface area contributed by atoms with Crippen molar-refractivity contribution in [3.05, 3.63) is 82.9 Å². The largest absolute Gasteiger partial charge is 0.457 e. The number of ether oxygens (including phenoxy) is 4. The maximum Gasteiger partial charge on any atom is 0.408 e. The van der Waals surface area contributed by atoms with Gasteiger partial charge < -0.3 is 44.7 Å². The van der Waals surface area contributed by atoms with Gasteiger partial charge in [0.25, 0.3) is 0 Å². The van der Waals surface area contributed by atoms with E-state index in [9.17, 15) is 39.6 Å². The van der Waals surface area contributed by atoms with Crippen LogP contribution >= 0.6 is 0 Å². The molecule has 301 valence electrons. The van der Waals surface area contributed by atoms with E-state index in [1.807, 2.05) is 0 Å². The van der Waals surface area contributed by atoms with Gasteiger partial charge in [0.1, 0.15) is 35.1 Å². The van der Waals surface area contributed by atoms with E-state index in [0.29, 0.717) is 5.56 Å². The van der Waals surface area contributed by atoms with E-state index in [1.165, 1.54) is 19.1 Å². The van der Waals surface area contributed by atoms with Gasteiger partial charge in [0.15, 0.2) is 5.78 Å². The summed E-state index contributed by atoms with van der Waals surface area (Å²) in [5.41, 5.74) is -7.32. The smallest absolute Gasteiger partial charge is 0.408 e. The second-order valence-corrected chi connectivity index (χ2v) is 17.4. The molecule has 5 N–H and O–H groups in total. The molecule has 0 aromatic heterocycles. The van der Waals surface area contributed by atoms with Gasteiger partial charge >= 0.3 is 18.0 Å². The third-order valence-corrected chi connectivity index (χ3v) is 12.6. The monoisotopic (exact) mass is 990 g/mol. The van der Waals surface area contributed by atoms with Crippen molar-refractivity contribution in [3.8, 4) is 0 Å². The summed E-state index contributed by atoms with van der Waals surface area (Å²) in [6.45, 7) is 12.6. The molecule has 1 radical (unpaired) electrons. The van der Waals surface area contributed by atoms with Gasteiger partial charge in [0, 0.05) is 68.2 Å². The Morgan fingerprint density at radius 1 is 0.946 bits per heavy atom. The van der Waals surface area contributed by atoms with Crippen LogP contribution in [0.4, 0.5) is 4.79 Å². The average molecular weight is 991 g/mol. The Labute approximate surface area is 363 Å². The summed E-state index contributed by atoms with van der Waals surface area (Å²) in [6.07, 6.45) is -8.60. The van der Waals surface area contributed by atoms with Crippen LogP contribution in [0.2, 0.25) is 0 Å². The summed E-state index contributed by atoms with van der Waals surface area (Å²) < 4.78 is 23.6. The van der Waals surface area contributed by atoms with E-state index < -0.39 is 99.8 Å². The molecule has 6 rings (SSSR count). The molecule has 1 saturated heterocycles. The van der Waals surface area contributed by atoms with Gasteiger partial charge in [0.05, 0.1) is 41.8 Å². The zero-order valence-corrected chi connectivity index (χ0v) is 37.9. The summed E-state index contributed by atoms with van der Waals surface area (Å²) in [4.78, 5) is 55.9. The van der Waals surface area contributed by atoms with Gasteiger partial charge in [-0.1, -0.05) is 62.4 Å². The van der Waals surface area contributed by atoms with Gasteiger partial charge in [-0.25, -0.2) is 9.59 Å². The van der Waals surface area contributed by atoms with Crippen molar-refractivity contribution in [2.45, 2.75) is 122 Å². The van der Waals surface area contributed by atoms with Crippen LogP contribution in [0.1, 0.15) is 90.2 Å². The first-order chi connectivity index (χ1) is 25.6. The number of amides is 1. The number of aliphatic hydroxyl groups is 4. The fourth-order valence-electron chi connectivity index (χ4n) is 9.35. The molecule has 56 heavy (non-hydrogen) atoms. The number of hydrogen-bond acceptors (Lipinski definition) is 12. The summed E-state index contributed by atoms with van der Waals surface area (Å²) >= 11 is 0. The Bertz CT molecular complexity index is 1860. The van der Waals surface area contributed by atoms with Crippen molar-refractivity contribution >= 4 is 23.8 Å². The molecule has 2 saturated carbocycles. The molecule has 11 unspecified atom stereocenters. The number of carbonyl (C=O) groups is 4. The van der Waals surface area contributed by atoms with E-state index in [0.717, 1.165) is 0 Å². The number of rotatable bonds is 7. The summed E-state index contributed by atoms with van der Waals surface area (Å²) in [6, 6.07) is 15.9. The van der Waals surface area contributed by atoms with Crippen LogP contribution in [-0.2, 0) is 28.5 Å². The Balaban J connectivity index is 0.00000600. The summed E-state index contributed by atoms with van der Waals surface area (Å²) in [5, 5.41) is 52.1. The molecule has 4 aliphatic rings. The standard InChI is InChI=1S/C42H53NO12.Ac/c1-22-26(53-35(47)23(2)30(24-15-11-9-12-16-24)43-37(49)55-38(3,4)5)20-42(51)34(54-36(48)25-17-13-10-14-18-25)32-40(8,27(44)19-28-41(32,50)21-52-28)33(46)31(45)29(22)39(42,6)7;/h9-18,23,26-28,30-32,34,44-45,50-51H,19-21H2,1-8H3,(H,43,49);. The first-order valence-electron chi connectivity index (χ1n) is 18.8. The topological polar surface area (TPSA) is 198 Å². The molecule has 2 aromatic carbocycles. The third kappa shape index (κ3) is 7.42. The van der Waals surface area contributed by atoms with E-state index in [2.05, 4.69) is 5.32 Å². The minimum Gasteiger partial charge on any atom is -0.457 e. The number of ketones is 1. The second-order valence-electron chi connectivity index (χ2n) is 17.4. The van der Waals surface area contributed by atoms with Crippen LogP contribution in [0.15, 0.2) is 71.8 Å². The molecule has 13 nitrogen and oxygen atoms in total. The van der Waals surface area contributed by atoms with Crippen molar-refractivity contribution in [3.63, 3.8) is 0 Å². The minimum atomic E-state index is -2.23. The van der Waals surface area contributed by atoms with Crippen LogP contribution in [-0.4, -0.2) is 98.2 Å². The number of nitrogens with one attached hydrogen (secondary N) is 1.